The van der Waals surface area contributed by atoms with Gasteiger partial charge in [-0.1, -0.05) is 6.07 Å². The Labute approximate surface area is 81.2 Å². The van der Waals surface area contributed by atoms with E-state index in [0.717, 1.165) is 10.9 Å². The van der Waals surface area contributed by atoms with Crippen molar-refractivity contribution < 1.29 is 5.11 Å². The maximum absolute atomic E-state index is 9.61. The number of nitrogens with zero attached hydrogens (tertiary/aromatic N) is 2. The van der Waals surface area contributed by atoms with Crippen molar-refractivity contribution in [2.45, 2.75) is 6.42 Å². The van der Waals surface area contributed by atoms with Crippen LogP contribution in [-0.4, -0.2) is 10.1 Å². The molecule has 3 heteroatoms. The van der Waals surface area contributed by atoms with Crippen LogP contribution in [0.5, 0.6) is 5.75 Å². The molecule has 0 atom stereocenters. The molecule has 2 rings (SSSR count). The summed E-state index contributed by atoms with van der Waals surface area (Å²) in [6, 6.07) is 9.16. The highest BCUT2D eigenvalue weighted by atomic mass is 16.3. The number of pyridine rings is 1. The average molecular weight is 184 g/mol. The van der Waals surface area contributed by atoms with Crippen LogP contribution in [0.1, 0.15) is 5.56 Å². The van der Waals surface area contributed by atoms with E-state index < -0.39 is 0 Å². The third kappa shape index (κ3) is 1.38. The van der Waals surface area contributed by atoms with Crippen LogP contribution in [-0.2, 0) is 6.42 Å². The quantitative estimate of drug-likeness (QED) is 0.737. The molecule has 14 heavy (non-hydrogen) atoms. The minimum absolute atomic E-state index is 0.133. The number of phenolic OH excluding ortho intramolecular Hbond substituents is 1. The van der Waals surface area contributed by atoms with E-state index in [1.54, 1.807) is 18.3 Å². The average Bonchev–Trinajstić information content (AvgIpc) is 2.18. The molecule has 0 bridgehead atoms. The van der Waals surface area contributed by atoms with Gasteiger partial charge in [0.15, 0.2) is 0 Å². The summed E-state index contributed by atoms with van der Waals surface area (Å²) in [4.78, 5) is 4.05. The number of nitriles is 1. The molecule has 0 spiro atoms. The lowest BCUT2D eigenvalue weighted by molar-refractivity contribution is 0.480. The molecule has 2 aromatic rings. The van der Waals surface area contributed by atoms with Crippen molar-refractivity contribution in [2.75, 3.05) is 0 Å². The van der Waals surface area contributed by atoms with Gasteiger partial charge in [0.05, 0.1) is 12.5 Å². The van der Waals surface area contributed by atoms with Gasteiger partial charge in [0.2, 0.25) is 0 Å². The zero-order valence-corrected chi connectivity index (χ0v) is 7.44. The van der Waals surface area contributed by atoms with Crippen molar-refractivity contribution in [1.82, 2.24) is 4.98 Å². The largest absolute Gasteiger partial charge is 0.506 e. The molecule has 0 aliphatic rings. The standard InChI is InChI=1S/C11H8N2O/c12-4-3-8-6-9-2-1-5-13-11(9)10(14)7-8/h1-2,5-7,14H,3H2. The van der Waals surface area contributed by atoms with Crippen molar-refractivity contribution in [3.63, 3.8) is 0 Å². The number of hydrogen-bond donors (Lipinski definition) is 1. The molecule has 0 saturated heterocycles. The second kappa shape index (κ2) is 3.35. The Kier molecular flexibility index (Phi) is 2.04. The summed E-state index contributed by atoms with van der Waals surface area (Å²) in [6.07, 6.45) is 1.93. The first-order chi connectivity index (χ1) is 6.81. The molecular weight excluding hydrogens is 176 g/mol. The van der Waals surface area contributed by atoms with E-state index in [1.807, 2.05) is 18.2 Å². The van der Waals surface area contributed by atoms with Crippen molar-refractivity contribution in [1.29, 1.82) is 5.26 Å². The molecule has 0 saturated carbocycles. The Balaban J connectivity index is 2.67. The molecule has 1 heterocycles. The molecule has 0 radical (unpaired) electrons. The third-order valence-electron chi connectivity index (χ3n) is 2.03. The lowest BCUT2D eigenvalue weighted by atomic mass is 10.1. The molecule has 0 amide bonds. The van der Waals surface area contributed by atoms with E-state index in [0.29, 0.717) is 11.9 Å². The van der Waals surface area contributed by atoms with Crippen molar-refractivity contribution >= 4 is 10.9 Å². The van der Waals surface area contributed by atoms with Gasteiger partial charge in [0.1, 0.15) is 11.3 Å². The predicted octanol–water partition coefficient (Wildman–Crippen LogP) is 2.01. The lowest BCUT2D eigenvalue weighted by Crippen LogP contribution is -1.84. The van der Waals surface area contributed by atoms with Gasteiger partial charge in [0, 0.05) is 11.6 Å². The second-order valence-electron chi connectivity index (χ2n) is 3.02. The summed E-state index contributed by atoms with van der Waals surface area (Å²) in [5.74, 6) is 0.133. The summed E-state index contributed by atoms with van der Waals surface area (Å²) < 4.78 is 0. The first-order valence-electron chi connectivity index (χ1n) is 4.25. The highest BCUT2D eigenvalue weighted by Crippen LogP contribution is 2.24. The first kappa shape index (κ1) is 8.52. The number of fused-ring (bicyclic) bond motifs is 1. The molecule has 0 unspecified atom stereocenters. The van der Waals surface area contributed by atoms with Gasteiger partial charge in [-0.15, -0.1) is 0 Å². The summed E-state index contributed by atoms with van der Waals surface area (Å²) in [5.41, 5.74) is 1.39. The number of phenols is 1. The molecular formula is C11H8N2O. The maximum Gasteiger partial charge on any atom is 0.142 e. The van der Waals surface area contributed by atoms with E-state index in [4.69, 9.17) is 5.26 Å². The van der Waals surface area contributed by atoms with Crippen LogP contribution >= 0.6 is 0 Å². The lowest BCUT2D eigenvalue weighted by Gasteiger charge is -2.01. The summed E-state index contributed by atoms with van der Waals surface area (Å²) in [7, 11) is 0. The highest BCUT2D eigenvalue weighted by molar-refractivity contribution is 5.84. The number of aromatic hydroxyl groups is 1. The summed E-state index contributed by atoms with van der Waals surface area (Å²) in [6.45, 7) is 0. The van der Waals surface area contributed by atoms with Crippen LogP contribution < -0.4 is 0 Å². The topological polar surface area (TPSA) is 56.9 Å². The predicted molar refractivity (Wildman–Crippen MR) is 52.7 cm³/mol. The summed E-state index contributed by atoms with van der Waals surface area (Å²) >= 11 is 0. The van der Waals surface area contributed by atoms with E-state index >= 15 is 0 Å². The number of rotatable bonds is 1. The highest BCUT2D eigenvalue weighted by Gasteiger charge is 2.02. The number of benzene rings is 1. The van der Waals surface area contributed by atoms with Gasteiger partial charge < -0.3 is 5.11 Å². The smallest absolute Gasteiger partial charge is 0.142 e. The minimum atomic E-state index is 0.133. The number of hydrogen-bond acceptors (Lipinski definition) is 3. The van der Waals surface area contributed by atoms with Gasteiger partial charge in [-0.2, -0.15) is 5.26 Å². The van der Waals surface area contributed by atoms with Gasteiger partial charge in [-0.3, -0.25) is 4.98 Å². The zero-order valence-electron chi connectivity index (χ0n) is 7.44. The molecule has 1 aromatic carbocycles. The van der Waals surface area contributed by atoms with Gasteiger partial charge >= 0.3 is 0 Å². The van der Waals surface area contributed by atoms with Crippen LogP contribution in [0.2, 0.25) is 0 Å². The van der Waals surface area contributed by atoms with Gasteiger partial charge in [-0.05, 0) is 23.8 Å². The minimum Gasteiger partial charge on any atom is -0.506 e. The van der Waals surface area contributed by atoms with Crippen LogP contribution in [0.25, 0.3) is 10.9 Å². The second-order valence-corrected chi connectivity index (χ2v) is 3.02. The van der Waals surface area contributed by atoms with Crippen LogP contribution in [0.4, 0.5) is 0 Å². The fourth-order valence-corrected chi connectivity index (χ4v) is 1.43. The van der Waals surface area contributed by atoms with Crippen LogP contribution in [0.15, 0.2) is 30.5 Å². The molecule has 0 aliphatic heterocycles. The Hall–Kier alpha value is -2.08. The monoisotopic (exact) mass is 184 g/mol. The maximum atomic E-state index is 9.61. The Bertz CT molecular complexity index is 514. The fourth-order valence-electron chi connectivity index (χ4n) is 1.43. The van der Waals surface area contributed by atoms with E-state index in [9.17, 15) is 5.11 Å². The molecule has 0 aliphatic carbocycles. The third-order valence-corrected chi connectivity index (χ3v) is 2.03. The van der Waals surface area contributed by atoms with Crippen LogP contribution in [0, 0.1) is 11.3 Å². The molecule has 68 valence electrons. The van der Waals surface area contributed by atoms with E-state index in [-0.39, 0.29) is 5.75 Å². The zero-order chi connectivity index (χ0) is 9.97. The van der Waals surface area contributed by atoms with Gasteiger partial charge in [0.25, 0.3) is 0 Å². The van der Waals surface area contributed by atoms with E-state index in [1.165, 1.54) is 0 Å². The molecule has 1 N–H and O–H groups in total. The first-order valence-corrected chi connectivity index (χ1v) is 4.25. The fraction of sp³-hybridized carbons (Fsp3) is 0.0909. The molecule has 0 fully saturated rings. The molecule has 3 nitrogen and oxygen atoms in total. The Morgan fingerprint density at radius 3 is 3.07 bits per heavy atom. The molecule has 1 aromatic heterocycles. The van der Waals surface area contributed by atoms with E-state index in [2.05, 4.69) is 4.98 Å². The Morgan fingerprint density at radius 2 is 2.29 bits per heavy atom. The Morgan fingerprint density at radius 1 is 1.43 bits per heavy atom. The van der Waals surface area contributed by atoms with Gasteiger partial charge in [-0.25, -0.2) is 0 Å². The van der Waals surface area contributed by atoms with Crippen molar-refractivity contribution in [2.24, 2.45) is 0 Å². The summed E-state index contributed by atoms with van der Waals surface area (Å²) in [5, 5.41) is 19.0. The normalized spacial score (nSPS) is 9.93. The van der Waals surface area contributed by atoms with Crippen LogP contribution in [0.3, 0.4) is 0 Å². The SMILES string of the molecule is N#CCc1cc(O)c2ncccc2c1. The van der Waals surface area contributed by atoms with Crippen molar-refractivity contribution in [3.8, 4) is 11.8 Å². The number of aromatic nitrogens is 1. The van der Waals surface area contributed by atoms with Crippen molar-refractivity contribution in [3.05, 3.63) is 36.0 Å².